The van der Waals surface area contributed by atoms with Crippen molar-refractivity contribution in [2.75, 3.05) is 37.4 Å². The van der Waals surface area contributed by atoms with Crippen molar-refractivity contribution in [2.45, 2.75) is 39.8 Å². The van der Waals surface area contributed by atoms with E-state index >= 15 is 0 Å². The summed E-state index contributed by atoms with van der Waals surface area (Å²) >= 11 is 0. The second kappa shape index (κ2) is 12.1. The third-order valence-electron chi connectivity index (χ3n) is 6.35. The highest BCUT2D eigenvalue weighted by Gasteiger charge is 2.19. The number of amides is 2. The van der Waals surface area contributed by atoms with E-state index in [1.807, 2.05) is 38.9 Å². The van der Waals surface area contributed by atoms with E-state index in [9.17, 15) is 18.8 Å². The number of aromatic amines is 1. The molecular weight excluding hydrogens is 501 g/mol. The van der Waals surface area contributed by atoms with E-state index < -0.39 is 6.03 Å². The Morgan fingerprint density at radius 1 is 1.00 bits per heavy atom. The molecule has 0 radical (unpaired) electrons. The van der Waals surface area contributed by atoms with Crippen molar-refractivity contribution in [2.24, 2.45) is 0 Å². The molecule has 0 saturated heterocycles. The molecule has 0 unspecified atom stereocenters. The number of H-pyrrole nitrogens is 1. The predicted octanol–water partition coefficient (Wildman–Crippen LogP) is 4.11. The first-order chi connectivity index (χ1) is 18.7. The number of hydrogen-bond donors (Lipinski definition) is 2. The average molecular weight is 536 g/mol. The second-order valence-electron chi connectivity index (χ2n) is 9.63. The van der Waals surface area contributed by atoms with Gasteiger partial charge in [0.2, 0.25) is 0 Å². The minimum atomic E-state index is -0.394. The van der Waals surface area contributed by atoms with Crippen molar-refractivity contribution in [1.29, 1.82) is 0 Å². The van der Waals surface area contributed by atoms with E-state index in [0.29, 0.717) is 66.4 Å². The van der Waals surface area contributed by atoms with Crippen molar-refractivity contribution < 1.29 is 9.18 Å². The Hall–Kier alpha value is -4.25. The summed E-state index contributed by atoms with van der Waals surface area (Å²) in [6.07, 6.45) is 3.05. The molecule has 206 valence electrons. The molecule has 1 aromatic carbocycles. The van der Waals surface area contributed by atoms with Crippen molar-refractivity contribution in [3.05, 3.63) is 75.3 Å². The number of nitrogens with zero attached hydrogens (tertiary/aromatic N) is 5. The van der Waals surface area contributed by atoms with Crippen LogP contribution in [0, 0.1) is 5.82 Å². The van der Waals surface area contributed by atoms with E-state index in [2.05, 4.69) is 15.3 Å². The van der Waals surface area contributed by atoms with E-state index in [0.717, 1.165) is 6.42 Å². The summed E-state index contributed by atoms with van der Waals surface area (Å²) in [7, 11) is 3.82. The highest BCUT2D eigenvalue weighted by atomic mass is 19.1. The molecule has 11 heteroatoms. The van der Waals surface area contributed by atoms with Crippen LogP contribution in [0.4, 0.5) is 20.7 Å². The van der Waals surface area contributed by atoms with Gasteiger partial charge in [0.1, 0.15) is 17.2 Å². The number of likely N-dealkylation sites (N-methyl/N-ethyl adjacent to an activating group) is 1. The number of anilines is 2. The number of rotatable bonds is 10. The van der Waals surface area contributed by atoms with Gasteiger partial charge in [-0.2, -0.15) is 0 Å². The average Bonchev–Trinajstić information content (AvgIpc) is 3.36. The lowest BCUT2D eigenvalue weighted by atomic mass is 10.2. The Morgan fingerprint density at radius 2 is 1.69 bits per heavy atom. The first-order valence-corrected chi connectivity index (χ1v) is 13.0. The van der Waals surface area contributed by atoms with Crippen molar-refractivity contribution in [3.8, 4) is 11.3 Å². The smallest absolute Gasteiger partial charge is 0.331 e. The highest BCUT2D eigenvalue weighted by Crippen LogP contribution is 2.24. The fourth-order valence-corrected chi connectivity index (χ4v) is 4.36. The van der Waals surface area contributed by atoms with E-state index in [-0.39, 0.29) is 17.1 Å². The predicted molar refractivity (Wildman–Crippen MR) is 152 cm³/mol. The quantitative estimate of drug-likeness (QED) is 0.318. The van der Waals surface area contributed by atoms with Crippen molar-refractivity contribution in [3.63, 3.8) is 0 Å². The molecule has 10 nitrogen and oxygen atoms in total. The summed E-state index contributed by atoms with van der Waals surface area (Å²) in [4.78, 5) is 50.4. The van der Waals surface area contributed by atoms with Crippen LogP contribution in [0.15, 0.2) is 58.3 Å². The molecule has 3 heterocycles. The summed E-state index contributed by atoms with van der Waals surface area (Å²) in [5, 5.41) is 2.79. The molecule has 4 aromatic rings. The molecule has 0 spiro atoms. The number of fused-ring (bicyclic) bond motifs is 1. The molecule has 3 aromatic heterocycles. The molecule has 39 heavy (non-hydrogen) atoms. The number of pyridine rings is 1. The molecule has 4 rings (SSSR count). The largest absolute Gasteiger partial charge is 0.349 e. The van der Waals surface area contributed by atoms with Crippen LogP contribution < -0.4 is 21.5 Å². The number of hydrogen-bond acceptors (Lipinski definition) is 5. The van der Waals surface area contributed by atoms with Gasteiger partial charge in [-0.25, -0.2) is 19.0 Å². The van der Waals surface area contributed by atoms with Crippen LogP contribution in [0.3, 0.4) is 0 Å². The van der Waals surface area contributed by atoms with Gasteiger partial charge in [-0.1, -0.05) is 13.8 Å². The summed E-state index contributed by atoms with van der Waals surface area (Å²) in [6.45, 7) is 5.73. The molecule has 0 fully saturated rings. The summed E-state index contributed by atoms with van der Waals surface area (Å²) in [5.74, 6) is 0.0483. The van der Waals surface area contributed by atoms with Gasteiger partial charge < -0.3 is 15.2 Å². The van der Waals surface area contributed by atoms with Gasteiger partial charge in [-0.05, 0) is 69.4 Å². The van der Waals surface area contributed by atoms with Gasteiger partial charge in [0.15, 0.2) is 0 Å². The number of carbonyl (C=O) groups is 1. The zero-order valence-corrected chi connectivity index (χ0v) is 22.7. The van der Waals surface area contributed by atoms with Crippen molar-refractivity contribution >= 4 is 28.6 Å². The fourth-order valence-electron chi connectivity index (χ4n) is 4.36. The molecule has 0 saturated carbocycles. The Balaban J connectivity index is 1.67. The Bertz CT molecular complexity index is 1550. The number of aromatic nitrogens is 4. The Morgan fingerprint density at radius 3 is 2.31 bits per heavy atom. The maximum Gasteiger partial charge on any atom is 0.331 e. The third-order valence-corrected chi connectivity index (χ3v) is 6.35. The Labute approximate surface area is 225 Å². The summed E-state index contributed by atoms with van der Waals surface area (Å²) in [5.41, 5.74) is 2.11. The van der Waals surface area contributed by atoms with Crippen molar-refractivity contribution in [1.82, 2.24) is 24.0 Å². The van der Waals surface area contributed by atoms with E-state index in [1.165, 1.54) is 33.7 Å². The Kier molecular flexibility index (Phi) is 8.60. The third kappa shape index (κ3) is 6.09. The first kappa shape index (κ1) is 27.8. The topological polar surface area (TPSA) is 108 Å². The maximum absolute atomic E-state index is 13.3. The second-order valence-corrected chi connectivity index (χ2v) is 9.63. The minimum absolute atomic E-state index is 0.307. The lowest BCUT2D eigenvalue weighted by molar-refractivity contribution is 0.256. The number of urea groups is 1. The van der Waals surface area contributed by atoms with Crippen LogP contribution in [-0.2, 0) is 13.1 Å². The minimum Gasteiger partial charge on any atom is -0.349 e. The molecule has 0 aliphatic carbocycles. The number of aryl methyl sites for hydroxylation is 1. The standard InChI is InChI=1S/C28H34FN7O3/c1-5-13-34-23-17-22(32-25(23)26(37)36(14-6-2)28(34)39)19-7-12-24(30-18-19)35(16-15-33(3)4)27(38)31-21-10-8-20(29)9-11-21/h7-12,17-18,32H,5-6,13-16H2,1-4H3,(H,31,38). The number of nitrogens with one attached hydrogen (secondary N) is 2. The first-order valence-electron chi connectivity index (χ1n) is 13.0. The zero-order chi connectivity index (χ0) is 28.1. The molecule has 0 aliphatic heterocycles. The van der Waals surface area contributed by atoms with Crippen LogP contribution in [-0.4, -0.2) is 57.2 Å². The number of carbonyl (C=O) groups excluding carboxylic acids is 1. The SMILES string of the molecule is CCCn1c(=O)c2[nH]c(-c3ccc(N(CCN(C)C)C(=O)Nc4ccc(F)cc4)nc3)cc2n(CCC)c1=O. The van der Waals surface area contributed by atoms with Gasteiger partial charge in [-0.3, -0.25) is 18.8 Å². The summed E-state index contributed by atoms with van der Waals surface area (Å²) in [6, 6.07) is 10.5. The monoisotopic (exact) mass is 535 g/mol. The molecule has 0 bridgehead atoms. The number of benzene rings is 1. The van der Waals surface area contributed by atoms with Gasteiger partial charge in [0.25, 0.3) is 5.56 Å². The van der Waals surface area contributed by atoms with Gasteiger partial charge >= 0.3 is 11.7 Å². The lowest BCUT2D eigenvalue weighted by Gasteiger charge is -2.24. The van der Waals surface area contributed by atoms with Gasteiger partial charge in [0.05, 0.1) is 5.52 Å². The highest BCUT2D eigenvalue weighted by molar-refractivity contribution is 6.01. The molecular formula is C28H34FN7O3. The number of halogens is 1. The van der Waals surface area contributed by atoms with Crippen LogP contribution >= 0.6 is 0 Å². The van der Waals surface area contributed by atoms with E-state index in [1.54, 1.807) is 22.9 Å². The molecule has 0 atom stereocenters. The van der Waals surface area contributed by atoms with Gasteiger partial charge in [0, 0.05) is 49.3 Å². The lowest BCUT2D eigenvalue weighted by Crippen LogP contribution is -2.40. The summed E-state index contributed by atoms with van der Waals surface area (Å²) < 4.78 is 16.2. The van der Waals surface area contributed by atoms with Gasteiger partial charge in [-0.15, -0.1) is 0 Å². The van der Waals surface area contributed by atoms with Crippen LogP contribution in [0.5, 0.6) is 0 Å². The molecule has 2 amide bonds. The molecule has 2 N–H and O–H groups in total. The molecule has 0 aliphatic rings. The van der Waals surface area contributed by atoms with Crippen LogP contribution in [0.2, 0.25) is 0 Å². The van der Waals surface area contributed by atoms with Crippen LogP contribution in [0.25, 0.3) is 22.3 Å². The van der Waals surface area contributed by atoms with E-state index in [4.69, 9.17) is 0 Å². The zero-order valence-electron chi connectivity index (χ0n) is 22.7. The fraction of sp³-hybridized carbons (Fsp3) is 0.357. The maximum atomic E-state index is 13.3. The van der Waals surface area contributed by atoms with Crippen LogP contribution in [0.1, 0.15) is 26.7 Å². The normalized spacial score (nSPS) is 11.3.